The maximum Gasteiger partial charge on any atom is 0.138 e. The van der Waals surface area contributed by atoms with Gasteiger partial charge < -0.3 is 0 Å². The Morgan fingerprint density at radius 1 is 1.18 bits per heavy atom. The number of fused-ring (bicyclic) bond motifs is 1. The molecule has 0 unspecified atom stereocenters. The highest BCUT2D eigenvalue weighted by atomic mass is 32.2. The van der Waals surface area contributed by atoms with Gasteiger partial charge in [0.15, 0.2) is 0 Å². The molecule has 0 fully saturated rings. The van der Waals surface area contributed by atoms with Crippen LogP contribution < -0.4 is 0 Å². The smallest absolute Gasteiger partial charge is 0.138 e. The molecule has 2 heterocycles. The van der Waals surface area contributed by atoms with Gasteiger partial charge in [0, 0.05) is 17.8 Å². The molecule has 0 saturated carbocycles. The second-order valence-corrected chi connectivity index (χ2v) is 6.30. The molecule has 1 aromatic carbocycles. The van der Waals surface area contributed by atoms with Crippen LogP contribution in [0.3, 0.4) is 0 Å². The summed E-state index contributed by atoms with van der Waals surface area (Å²) in [5.41, 5.74) is 1.00. The normalized spacial score (nSPS) is 11.5. The van der Waals surface area contributed by atoms with Gasteiger partial charge >= 0.3 is 0 Å². The first-order chi connectivity index (χ1) is 10.7. The van der Waals surface area contributed by atoms with Gasteiger partial charge in [-0.3, -0.25) is 0 Å². The molecule has 0 amide bonds. The monoisotopic (exact) mass is 313 g/mol. The SMILES string of the molecule is CCn1ncnc1CSc1nc(C(C)C)nc2ccccc12. The van der Waals surface area contributed by atoms with Gasteiger partial charge in [0.2, 0.25) is 0 Å². The first-order valence-electron chi connectivity index (χ1n) is 7.45. The Kier molecular flexibility index (Phi) is 4.38. The molecule has 0 aliphatic rings. The van der Waals surface area contributed by atoms with Crippen LogP contribution in [0.2, 0.25) is 0 Å². The molecule has 0 spiro atoms. The molecule has 0 aliphatic carbocycles. The van der Waals surface area contributed by atoms with E-state index in [0.717, 1.165) is 39.9 Å². The van der Waals surface area contributed by atoms with Gasteiger partial charge in [0.25, 0.3) is 0 Å². The van der Waals surface area contributed by atoms with Crippen molar-refractivity contribution in [3.05, 3.63) is 42.2 Å². The van der Waals surface area contributed by atoms with Gasteiger partial charge in [-0.25, -0.2) is 19.6 Å². The Bertz CT molecular complexity index is 781. The Balaban J connectivity index is 1.95. The van der Waals surface area contributed by atoms with Crippen LogP contribution in [0.25, 0.3) is 10.9 Å². The molecule has 0 atom stereocenters. The van der Waals surface area contributed by atoms with Crippen LogP contribution in [0.15, 0.2) is 35.6 Å². The lowest BCUT2D eigenvalue weighted by atomic mass is 10.2. The number of hydrogen-bond acceptors (Lipinski definition) is 5. The second kappa shape index (κ2) is 6.44. The number of thioether (sulfide) groups is 1. The first-order valence-corrected chi connectivity index (χ1v) is 8.43. The molecule has 0 radical (unpaired) electrons. The van der Waals surface area contributed by atoms with E-state index >= 15 is 0 Å². The van der Waals surface area contributed by atoms with E-state index < -0.39 is 0 Å². The Hall–Kier alpha value is -1.95. The molecule has 6 heteroatoms. The summed E-state index contributed by atoms with van der Waals surface area (Å²) in [6.07, 6.45) is 1.61. The third-order valence-electron chi connectivity index (χ3n) is 3.44. The summed E-state index contributed by atoms with van der Waals surface area (Å²) < 4.78 is 1.92. The minimum atomic E-state index is 0.309. The van der Waals surface area contributed by atoms with E-state index in [0.29, 0.717) is 5.92 Å². The van der Waals surface area contributed by atoms with Crippen molar-refractivity contribution >= 4 is 22.7 Å². The van der Waals surface area contributed by atoms with E-state index in [2.05, 4.69) is 41.9 Å². The largest absolute Gasteiger partial charge is 0.249 e. The summed E-state index contributed by atoms with van der Waals surface area (Å²) in [5.74, 6) is 2.93. The highest BCUT2D eigenvalue weighted by Crippen LogP contribution is 2.28. The fraction of sp³-hybridized carbons (Fsp3) is 0.375. The van der Waals surface area contributed by atoms with Crippen molar-refractivity contribution in [3.63, 3.8) is 0 Å². The number of benzene rings is 1. The number of rotatable bonds is 5. The predicted octanol–water partition coefficient (Wildman–Crippen LogP) is 3.66. The van der Waals surface area contributed by atoms with Crippen molar-refractivity contribution in [1.29, 1.82) is 0 Å². The predicted molar refractivity (Wildman–Crippen MR) is 88.9 cm³/mol. The Morgan fingerprint density at radius 3 is 2.77 bits per heavy atom. The molecule has 0 saturated heterocycles. The number of hydrogen-bond donors (Lipinski definition) is 0. The minimum absolute atomic E-state index is 0.309. The molecule has 0 N–H and O–H groups in total. The highest BCUT2D eigenvalue weighted by molar-refractivity contribution is 7.98. The van der Waals surface area contributed by atoms with Gasteiger partial charge in [-0.1, -0.05) is 43.8 Å². The van der Waals surface area contributed by atoms with Crippen LogP contribution in [-0.4, -0.2) is 24.7 Å². The fourth-order valence-electron chi connectivity index (χ4n) is 2.23. The highest BCUT2D eigenvalue weighted by Gasteiger charge is 2.12. The molecular weight excluding hydrogens is 294 g/mol. The standard InChI is InChI=1S/C16H19N5S/c1-4-21-14(17-10-18-21)9-22-16-12-7-5-6-8-13(12)19-15(20-16)11(2)3/h5-8,10-11H,4,9H2,1-3H3. The van der Waals surface area contributed by atoms with Crippen LogP contribution in [0.5, 0.6) is 0 Å². The van der Waals surface area contributed by atoms with Crippen LogP contribution in [0.1, 0.15) is 38.3 Å². The van der Waals surface area contributed by atoms with Crippen LogP contribution >= 0.6 is 11.8 Å². The summed E-state index contributed by atoms with van der Waals surface area (Å²) in [5, 5.41) is 6.33. The third kappa shape index (κ3) is 2.97. The molecule has 0 bridgehead atoms. The number of aromatic nitrogens is 5. The zero-order valence-electron chi connectivity index (χ0n) is 13.0. The molecule has 3 rings (SSSR count). The van der Waals surface area contributed by atoms with E-state index in [9.17, 15) is 0 Å². The van der Waals surface area contributed by atoms with Crippen molar-refractivity contribution in [1.82, 2.24) is 24.7 Å². The van der Waals surface area contributed by atoms with Crippen molar-refractivity contribution < 1.29 is 0 Å². The molecule has 22 heavy (non-hydrogen) atoms. The first kappa shape index (κ1) is 15.0. The summed E-state index contributed by atoms with van der Waals surface area (Å²) in [6, 6.07) is 8.16. The average molecular weight is 313 g/mol. The summed E-state index contributed by atoms with van der Waals surface area (Å²) in [6.45, 7) is 7.13. The van der Waals surface area contributed by atoms with Crippen molar-refractivity contribution in [3.8, 4) is 0 Å². The second-order valence-electron chi connectivity index (χ2n) is 5.34. The molecule has 5 nitrogen and oxygen atoms in total. The van der Waals surface area contributed by atoms with E-state index in [1.54, 1.807) is 18.1 Å². The minimum Gasteiger partial charge on any atom is -0.249 e. The van der Waals surface area contributed by atoms with Gasteiger partial charge in [-0.15, -0.1) is 0 Å². The number of nitrogens with zero attached hydrogens (tertiary/aromatic N) is 5. The molecule has 2 aromatic heterocycles. The lowest BCUT2D eigenvalue weighted by molar-refractivity contribution is 0.632. The van der Waals surface area contributed by atoms with Gasteiger partial charge in [0.05, 0.1) is 11.3 Å². The van der Waals surface area contributed by atoms with Gasteiger partial charge in [-0.05, 0) is 13.0 Å². The lowest BCUT2D eigenvalue weighted by Gasteiger charge is -2.10. The van der Waals surface area contributed by atoms with E-state index in [1.807, 2.05) is 22.9 Å². The molecule has 114 valence electrons. The quantitative estimate of drug-likeness (QED) is 0.531. The van der Waals surface area contributed by atoms with E-state index in [-0.39, 0.29) is 0 Å². The van der Waals surface area contributed by atoms with Gasteiger partial charge in [0.1, 0.15) is 23.0 Å². The molecular formula is C16H19N5S. The van der Waals surface area contributed by atoms with E-state index in [4.69, 9.17) is 4.98 Å². The number of aryl methyl sites for hydroxylation is 1. The summed E-state index contributed by atoms with van der Waals surface area (Å²) in [4.78, 5) is 13.7. The van der Waals surface area contributed by atoms with Crippen LogP contribution in [-0.2, 0) is 12.3 Å². The van der Waals surface area contributed by atoms with Gasteiger partial charge in [-0.2, -0.15) is 5.10 Å². The average Bonchev–Trinajstić information content (AvgIpc) is 2.99. The summed E-state index contributed by atoms with van der Waals surface area (Å²) >= 11 is 1.69. The zero-order chi connectivity index (χ0) is 15.5. The van der Waals surface area contributed by atoms with Crippen molar-refractivity contribution in [2.75, 3.05) is 0 Å². The Morgan fingerprint density at radius 2 is 2.00 bits per heavy atom. The van der Waals surface area contributed by atoms with Crippen molar-refractivity contribution in [2.45, 2.75) is 44.0 Å². The zero-order valence-corrected chi connectivity index (χ0v) is 13.8. The van der Waals surface area contributed by atoms with Crippen LogP contribution in [0.4, 0.5) is 0 Å². The summed E-state index contributed by atoms with van der Waals surface area (Å²) in [7, 11) is 0. The fourth-order valence-corrected chi connectivity index (χ4v) is 3.21. The topological polar surface area (TPSA) is 56.5 Å². The lowest BCUT2D eigenvalue weighted by Crippen LogP contribution is -2.03. The maximum atomic E-state index is 4.75. The Labute approximate surface area is 134 Å². The van der Waals surface area contributed by atoms with E-state index in [1.165, 1.54) is 0 Å². The maximum absolute atomic E-state index is 4.75. The van der Waals surface area contributed by atoms with Crippen molar-refractivity contribution in [2.24, 2.45) is 0 Å². The number of para-hydroxylation sites is 1. The molecule has 0 aliphatic heterocycles. The van der Waals surface area contributed by atoms with Crippen LogP contribution in [0, 0.1) is 0 Å². The third-order valence-corrected chi connectivity index (χ3v) is 4.42. The molecule has 3 aromatic rings.